The number of hydrogen-bond acceptors (Lipinski definition) is 2. The number of thiophene rings is 1. The molecule has 1 unspecified atom stereocenters. The van der Waals surface area contributed by atoms with Crippen molar-refractivity contribution in [3.05, 3.63) is 21.9 Å². The van der Waals surface area contributed by atoms with Crippen molar-refractivity contribution in [3.8, 4) is 0 Å². The molecule has 0 aliphatic heterocycles. The normalized spacial score (nSPS) is 13.7. The van der Waals surface area contributed by atoms with E-state index < -0.39 is 0 Å². The Bertz CT molecular complexity index is 348. The van der Waals surface area contributed by atoms with Crippen LogP contribution in [0.1, 0.15) is 63.6 Å². The number of hydrogen-bond donors (Lipinski definition) is 1. The van der Waals surface area contributed by atoms with Gasteiger partial charge in [0.25, 0.3) is 0 Å². The van der Waals surface area contributed by atoms with Crippen LogP contribution in [0.2, 0.25) is 0 Å². The Morgan fingerprint density at radius 2 is 1.84 bits per heavy atom. The molecule has 0 fully saturated rings. The molecule has 0 radical (unpaired) electrons. The molecule has 0 saturated carbocycles. The van der Waals surface area contributed by atoms with Gasteiger partial charge in [-0.1, -0.05) is 34.6 Å². The van der Waals surface area contributed by atoms with Crippen LogP contribution in [0.25, 0.3) is 0 Å². The molecule has 2 heteroatoms. The summed E-state index contributed by atoms with van der Waals surface area (Å²) in [5.74, 6) is 0. The van der Waals surface area contributed by atoms with Crippen molar-refractivity contribution in [3.63, 3.8) is 0 Å². The van der Waals surface area contributed by atoms with E-state index in [1.54, 1.807) is 4.88 Å². The molecule has 1 heterocycles. The van der Waals surface area contributed by atoms with E-state index in [1.165, 1.54) is 37.0 Å². The molecular formula is C17H31NS. The Morgan fingerprint density at radius 3 is 2.37 bits per heavy atom. The Hall–Kier alpha value is -0.340. The molecule has 0 bridgehead atoms. The number of rotatable bonds is 8. The van der Waals surface area contributed by atoms with Gasteiger partial charge in [-0.05, 0) is 56.2 Å². The molecule has 0 aromatic carbocycles. The fraction of sp³-hybridized carbons (Fsp3) is 0.765. The molecule has 19 heavy (non-hydrogen) atoms. The molecule has 1 N–H and O–H groups in total. The van der Waals surface area contributed by atoms with Crippen LogP contribution in [-0.4, -0.2) is 12.6 Å². The summed E-state index contributed by atoms with van der Waals surface area (Å²) in [6.45, 7) is 12.7. The average Bonchev–Trinajstić information content (AvgIpc) is 2.80. The van der Waals surface area contributed by atoms with Crippen LogP contribution >= 0.6 is 11.3 Å². The maximum atomic E-state index is 3.72. The van der Waals surface area contributed by atoms with Crippen molar-refractivity contribution >= 4 is 11.3 Å². The molecular weight excluding hydrogens is 250 g/mol. The summed E-state index contributed by atoms with van der Waals surface area (Å²) in [5.41, 5.74) is 0.360. The monoisotopic (exact) mass is 281 g/mol. The summed E-state index contributed by atoms with van der Waals surface area (Å²) in [6.07, 6.45) is 6.21. The van der Waals surface area contributed by atoms with Crippen molar-refractivity contribution in [2.24, 2.45) is 5.41 Å². The molecule has 0 aliphatic carbocycles. The standard InChI is InChI=1S/C17H31NS/c1-6-13-18-16(17(3,4)5)10-8-9-15-12-11-14(7-2)19-15/h11-12,16,18H,6-10,13H2,1-5H3. The summed E-state index contributed by atoms with van der Waals surface area (Å²) < 4.78 is 0. The molecule has 0 amide bonds. The van der Waals surface area contributed by atoms with Crippen molar-refractivity contribution in [2.45, 2.75) is 72.8 Å². The van der Waals surface area contributed by atoms with E-state index in [2.05, 4.69) is 52.1 Å². The summed E-state index contributed by atoms with van der Waals surface area (Å²) >= 11 is 1.99. The third kappa shape index (κ3) is 6.09. The quantitative estimate of drug-likeness (QED) is 0.703. The van der Waals surface area contributed by atoms with Gasteiger partial charge < -0.3 is 5.32 Å². The van der Waals surface area contributed by atoms with Crippen LogP contribution in [0.15, 0.2) is 12.1 Å². The molecule has 0 aliphatic rings. The highest BCUT2D eigenvalue weighted by Crippen LogP contribution is 2.25. The Kier molecular flexibility index (Phi) is 7.09. The minimum atomic E-state index is 0.360. The lowest BCUT2D eigenvalue weighted by molar-refractivity contribution is 0.251. The third-order valence-corrected chi connectivity index (χ3v) is 4.96. The van der Waals surface area contributed by atoms with Gasteiger partial charge in [0.05, 0.1) is 0 Å². The predicted octanol–water partition coefficient (Wildman–Crippen LogP) is 5.05. The van der Waals surface area contributed by atoms with Gasteiger partial charge in [-0.3, -0.25) is 0 Å². The van der Waals surface area contributed by atoms with Crippen LogP contribution in [0.4, 0.5) is 0 Å². The van der Waals surface area contributed by atoms with Gasteiger partial charge in [-0.15, -0.1) is 11.3 Å². The zero-order chi connectivity index (χ0) is 14.3. The molecule has 1 aromatic heterocycles. The van der Waals surface area contributed by atoms with E-state index in [4.69, 9.17) is 0 Å². The van der Waals surface area contributed by atoms with Crippen molar-refractivity contribution in [1.82, 2.24) is 5.32 Å². The number of aryl methyl sites for hydroxylation is 2. The minimum Gasteiger partial charge on any atom is -0.313 e. The predicted molar refractivity (Wildman–Crippen MR) is 88.2 cm³/mol. The van der Waals surface area contributed by atoms with Gasteiger partial charge in [0, 0.05) is 15.8 Å². The van der Waals surface area contributed by atoms with Crippen LogP contribution in [0, 0.1) is 5.41 Å². The Labute approximate surface area is 123 Å². The molecule has 1 atom stereocenters. The van der Waals surface area contributed by atoms with Crippen LogP contribution in [0.3, 0.4) is 0 Å². The van der Waals surface area contributed by atoms with Gasteiger partial charge in [0.15, 0.2) is 0 Å². The molecule has 110 valence electrons. The van der Waals surface area contributed by atoms with E-state index in [0.29, 0.717) is 11.5 Å². The summed E-state index contributed by atoms with van der Waals surface area (Å²) in [6, 6.07) is 5.24. The fourth-order valence-corrected chi connectivity index (χ4v) is 3.39. The first-order valence-electron chi connectivity index (χ1n) is 7.78. The smallest absolute Gasteiger partial charge is 0.0116 e. The lowest BCUT2D eigenvalue weighted by atomic mass is 9.83. The molecule has 1 rings (SSSR count). The molecule has 1 aromatic rings. The summed E-state index contributed by atoms with van der Waals surface area (Å²) in [7, 11) is 0. The zero-order valence-electron chi connectivity index (χ0n) is 13.4. The average molecular weight is 282 g/mol. The van der Waals surface area contributed by atoms with Crippen molar-refractivity contribution < 1.29 is 0 Å². The highest BCUT2D eigenvalue weighted by Gasteiger charge is 2.23. The highest BCUT2D eigenvalue weighted by atomic mass is 32.1. The van der Waals surface area contributed by atoms with Crippen LogP contribution < -0.4 is 5.32 Å². The van der Waals surface area contributed by atoms with Gasteiger partial charge >= 0.3 is 0 Å². The third-order valence-electron chi connectivity index (χ3n) is 3.67. The van der Waals surface area contributed by atoms with Gasteiger partial charge in [0.1, 0.15) is 0 Å². The SMILES string of the molecule is CCCNC(CCCc1ccc(CC)s1)C(C)(C)C. The van der Waals surface area contributed by atoms with Gasteiger partial charge in [0.2, 0.25) is 0 Å². The Balaban J connectivity index is 2.39. The summed E-state index contributed by atoms with van der Waals surface area (Å²) in [4.78, 5) is 3.08. The zero-order valence-corrected chi connectivity index (χ0v) is 14.2. The molecule has 1 nitrogen and oxygen atoms in total. The fourth-order valence-electron chi connectivity index (χ4n) is 2.39. The second-order valence-corrected chi connectivity index (χ2v) is 7.74. The van der Waals surface area contributed by atoms with Crippen LogP contribution in [0.5, 0.6) is 0 Å². The Morgan fingerprint density at radius 1 is 1.16 bits per heavy atom. The van der Waals surface area contributed by atoms with E-state index >= 15 is 0 Å². The van der Waals surface area contributed by atoms with Crippen LogP contribution in [-0.2, 0) is 12.8 Å². The van der Waals surface area contributed by atoms with Crippen molar-refractivity contribution in [2.75, 3.05) is 6.54 Å². The largest absolute Gasteiger partial charge is 0.313 e. The maximum Gasteiger partial charge on any atom is 0.0116 e. The van der Waals surface area contributed by atoms with Crippen molar-refractivity contribution in [1.29, 1.82) is 0 Å². The number of nitrogens with one attached hydrogen (secondary N) is 1. The molecule has 0 spiro atoms. The lowest BCUT2D eigenvalue weighted by Crippen LogP contribution is -2.40. The molecule has 0 saturated heterocycles. The van der Waals surface area contributed by atoms with E-state index in [-0.39, 0.29) is 0 Å². The minimum absolute atomic E-state index is 0.360. The van der Waals surface area contributed by atoms with Gasteiger partial charge in [-0.25, -0.2) is 0 Å². The maximum absolute atomic E-state index is 3.72. The summed E-state index contributed by atoms with van der Waals surface area (Å²) in [5, 5.41) is 3.72. The van der Waals surface area contributed by atoms with Gasteiger partial charge in [-0.2, -0.15) is 0 Å². The first kappa shape index (κ1) is 16.7. The topological polar surface area (TPSA) is 12.0 Å². The first-order valence-corrected chi connectivity index (χ1v) is 8.60. The lowest BCUT2D eigenvalue weighted by Gasteiger charge is -2.31. The van der Waals surface area contributed by atoms with E-state index in [9.17, 15) is 0 Å². The van der Waals surface area contributed by atoms with E-state index in [0.717, 1.165) is 6.54 Å². The van der Waals surface area contributed by atoms with E-state index in [1.807, 2.05) is 11.3 Å². The second-order valence-electron chi connectivity index (χ2n) is 6.49. The highest BCUT2D eigenvalue weighted by molar-refractivity contribution is 7.11. The second kappa shape index (κ2) is 8.06. The first-order chi connectivity index (χ1) is 8.97.